The van der Waals surface area contributed by atoms with Crippen LogP contribution in [0.3, 0.4) is 0 Å². The van der Waals surface area contributed by atoms with E-state index in [1.165, 1.54) is 4.90 Å². The molecule has 31 heavy (non-hydrogen) atoms. The zero-order chi connectivity index (χ0) is 21.5. The number of rotatable bonds is 5. The van der Waals surface area contributed by atoms with Crippen LogP contribution in [0.15, 0.2) is 69.0 Å². The Labute approximate surface area is 186 Å². The van der Waals surface area contributed by atoms with Gasteiger partial charge in [0, 0.05) is 35.4 Å². The Kier molecular flexibility index (Phi) is 5.11. The lowest BCUT2D eigenvalue weighted by Gasteiger charge is -2.28. The average Bonchev–Trinajstić information content (AvgIpc) is 3.49. The molecule has 2 atom stereocenters. The predicted molar refractivity (Wildman–Crippen MR) is 116 cm³/mol. The molecule has 2 unspecified atom stereocenters. The number of hydrogen-bond donors (Lipinski definition) is 1. The van der Waals surface area contributed by atoms with E-state index in [0.717, 1.165) is 22.7 Å². The lowest BCUT2D eigenvalue weighted by Crippen LogP contribution is -2.37. The fourth-order valence-corrected chi connectivity index (χ4v) is 4.60. The number of carbonyl (C=O) groups is 2. The van der Waals surface area contributed by atoms with Crippen molar-refractivity contribution in [3.63, 3.8) is 0 Å². The molecule has 1 N–H and O–H groups in total. The van der Waals surface area contributed by atoms with Crippen molar-refractivity contribution in [2.24, 2.45) is 0 Å². The van der Waals surface area contributed by atoms with Crippen LogP contribution >= 0.6 is 15.9 Å². The molecule has 1 saturated heterocycles. The van der Waals surface area contributed by atoms with Gasteiger partial charge in [-0.2, -0.15) is 0 Å². The van der Waals surface area contributed by atoms with E-state index in [9.17, 15) is 14.7 Å². The molecular weight excluding hydrogens is 464 g/mol. The molecule has 3 aromatic rings. The van der Waals surface area contributed by atoms with Crippen LogP contribution in [0.2, 0.25) is 0 Å². The fourth-order valence-electron chi connectivity index (χ4n) is 4.22. The Bertz CT molecular complexity index is 1200. The Morgan fingerprint density at radius 1 is 1.29 bits per heavy atom. The number of nitrogens with zero attached hydrogens (tertiary/aromatic N) is 2. The quantitative estimate of drug-likeness (QED) is 0.543. The Morgan fingerprint density at radius 2 is 2.16 bits per heavy atom. The summed E-state index contributed by atoms with van der Waals surface area (Å²) < 4.78 is 12.3. The van der Waals surface area contributed by atoms with Crippen LogP contribution < -0.4 is 0 Å². The number of amides is 1. The molecule has 158 valence electrons. The van der Waals surface area contributed by atoms with Gasteiger partial charge in [-0.15, -0.1) is 0 Å². The Balaban J connectivity index is 1.56. The molecule has 0 spiro atoms. The molecule has 1 aromatic carbocycles. The van der Waals surface area contributed by atoms with Gasteiger partial charge in [0.1, 0.15) is 5.58 Å². The first-order valence-corrected chi connectivity index (χ1v) is 10.8. The first-order valence-electron chi connectivity index (χ1n) is 10.0. The number of hydrogen-bond acceptors (Lipinski definition) is 6. The summed E-state index contributed by atoms with van der Waals surface area (Å²) >= 11 is 3.41. The monoisotopic (exact) mass is 482 g/mol. The number of aliphatic hydroxyl groups excluding tert-OH is 1. The van der Waals surface area contributed by atoms with Gasteiger partial charge < -0.3 is 19.2 Å². The highest BCUT2D eigenvalue weighted by molar-refractivity contribution is 9.10. The molecule has 2 aliphatic rings. The van der Waals surface area contributed by atoms with Gasteiger partial charge in [-0.25, -0.2) is 0 Å². The van der Waals surface area contributed by atoms with E-state index in [4.69, 9.17) is 9.15 Å². The smallest absolute Gasteiger partial charge is 0.290 e. The van der Waals surface area contributed by atoms with Crippen molar-refractivity contribution in [1.82, 2.24) is 9.88 Å². The first kappa shape index (κ1) is 20.0. The van der Waals surface area contributed by atoms with E-state index in [-0.39, 0.29) is 24.0 Å². The maximum atomic E-state index is 13.5. The van der Waals surface area contributed by atoms with E-state index in [1.54, 1.807) is 36.7 Å². The molecule has 8 heteroatoms. The first-order chi connectivity index (χ1) is 15.0. The van der Waals surface area contributed by atoms with Crippen LogP contribution in [-0.4, -0.2) is 45.9 Å². The lowest BCUT2D eigenvalue weighted by molar-refractivity contribution is -0.131. The number of ether oxygens (including phenoxy) is 1. The number of carbonyl (C=O) groups excluding carboxylic acids is 2. The third-order valence-electron chi connectivity index (χ3n) is 5.67. The van der Waals surface area contributed by atoms with Crippen molar-refractivity contribution in [1.29, 1.82) is 0 Å². The second kappa shape index (κ2) is 7.94. The molecule has 0 bridgehead atoms. The van der Waals surface area contributed by atoms with E-state index >= 15 is 0 Å². The molecular formula is C23H19BrN2O5. The maximum absolute atomic E-state index is 13.5. The van der Waals surface area contributed by atoms with Gasteiger partial charge in [0.25, 0.3) is 5.91 Å². The van der Waals surface area contributed by atoms with Crippen LogP contribution in [0.1, 0.15) is 35.0 Å². The molecule has 1 amide bonds. The summed E-state index contributed by atoms with van der Waals surface area (Å²) in [5, 5.41) is 11.5. The highest BCUT2D eigenvalue weighted by Gasteiger charge is 2.45. The van der Waals surface area contributed by atoms with Crippen LogP contribution in [0.25, 0.3) is 11.0 Å². The van der Waals surface area contributed by atoms with Crippen molar-refractivity contribution in [3.8, 4) is 0 Å². The molecule has 2 aromatic heterocycles. The summed E-state index contributed by atoms with van der Waals surface area (Å²) in [4.78, 5) is 32.1. The lowest BCUT2D eigenvalue weighted by atomic mass is 9.96. The van der Waals surface area contributed by atoms with Crippen molar-refractivity contribution < 1.29 is 23.8 Å². The molecule has 0 saturated carbocycles. The molecule has 0 radical (unpaired) electrons. The Hall–Kier alpha value is -2.97. The summed E-state index contributed by atoms with van der Waals surface area (Å²) in [5.74, 6) is -1.61. The van der Waals surface area contributed by atoms with Crippen molar-refractivity contribution >= 4 is 38.6 Å². The summed E-state index contributed by atoms with van der Waals surface area (Å²) in [6.07, 6.45) is 4.83. The van der Waals surface area contributed by atoms with E-state index in [0.29, 0.717) is 17.8 Å². The SMILES string of the molecule is O=C(C1=C(O)C(=O)N(CC2CCCO2)C1c1cccnc1)c1cc2cc(Br)ccc2o1. The van der Waals surface area contributed by atoms with E-state index in [1.807, 2.05) is 12.1 Å². The highest BCUT2D eigenvalue weighted by atomic mass is 79.9. The second-order valence-corrected chi connectivity index (χ2v) is 8.58. The zero-order valence-corrected chi connectivity index (χ0v) is 18.0. The van der Waals surface area contributed by atoms with Crippen molar-refractivity contribution in [2.75, 3.05) is 13.2 Å². The van der Waals surface area contributed by atoms with Crippen LogP contribution in [-0.2, 0) is 9.53 Å². The minimum atomic E-state index is -0.766. The molecule has 1 fully saturated rings. The van der Waals surface area contributed by atoms with Crippen LogP contribution in [0.5, 0.6) is 0 Å². The van der Waals surface area contributed by atoms with Gasteiger partial charge in [-0.3, -0.25) is 14.6 Å². The van der Waals surface area contributed by atoms with Gasteiger partial charge in [0.05, 0.1) is 17.7 Å². The zero-order valence-electron chi connectivity index (χ0n) is 16.5. The van der Waals surface area contributed by atoms with Gasteiger partial charge in [0.2, 0.25) is 5.78 Å². The largest absolute Gasteiger partial charge is 0.503 e. The standard InChI is InChI=1S/C23H19BrN2O5/c24-15-5-6-17-14(9-15)10-18(31-17)21(27)19-20(13-3-1-7-25-11-13)26(23(29)22(19)28)12-16-4-2-8-30-16/h1,3,5-7,9-11,16,20,28H,2,4,8,12H2. The highest BCUT2D eigenvalue weighted by Crippen LogP contribution is 2.40. The molecule has 0 aliphatic carbocycles. The predicted octanol–water partition coefficient (Wildman–Crippen LogP) is 4.35. The minimum absolute atomic E-state index is 0.00545. The number of Topliss-reactive ketones (excluding diaryl/α,β-unsaturated/α-hetero) is 1. The number of fused-ring (bicyclic) bond motifs is 1. The number of pyridine rings is 1. The van der Waals surface area contributed by atoms with Crippen molar-refractivity contribution in [2.45, 2.75) is 25.0 Å². The van der Waals surface area contributed by atoms with Gasteiger partial charge >= 0.3 is 0 Å². The van der Waals surface area contributed by atoms with Crippen LogP contribution in [0, 0.1) is 0 Å². The molecule has 7 nitrogen and oxygen atoms in total. The number of ketones is 1. The minimum Gasteiger partial charge on any atom is -0.503 e. The van der Waals surface area contributed by atoms with Gasteiger partial charge in [-0.1, -0.05) is 22.0 Å². The average molecular weight is 483 g/mol. The maximum Gasteiger partial charge on any atom is 0.290 e. The number of aliphatic hydroxyl groups is 1. The number of benzene rings is 1. The normalized spacial score (nSPS) is 21.5. The van der Waals surface area contributed by atoms with Crippen molar-refractivity contribution in [3.05, 3.63) is 75.9 Å². The summed E-state index contributed by atoms with van der Waals surface area (Å²) in [7, 11) is 0. The molecule has 2 aliphatic heterocycles. The summed E-state index contributed by atoms with van der Waals surface area (Å²) in [5.41, 5.74) is 1.18. The number of halogens is 1. The Morgan fingerprint density at radius 3 is 2.90 bits per heavy atom. The fraction of sp³-hybridized carbons (Fsp3) is 0.261. The second-order valence-electron chi connectivity index (χ2n) is 7.67. The number of aromatic nitrogens is 1. The van der Waals surface area contributed by atoms with E-state index in [2.05, 4.69) is 20.9 Å². The molecule has 4 heterocycles. The van der Waals surface area contributed by atoms with Gasteiger partial charge in [0.15, 0.2) is 11.5 Å². The van der Waals surface area contributed by atoms with Gasteiger partial charge in [-0.05, 0) is 48.7 Å². The summed E-state index contributed by atoms with van der Waals surface area (Å²) in [6.45, 7) is 0.927. The number of furan rings is 1. The third kappa shape index (κ3) is 3.55. The molecule has 5 rings (SSSR count). The van der Waals surface area contributed by atoms with Crippen LogP contribution in [0.4, 0.5) is 0 Å². The summed E-state index contributed by atoms with van der Waals surface area (Å²) in [6, 6.07) is 9.79. The third-order valence-corrected chi connectivity index (χ3v) is 6.17. The van der Waals surface area contributed by atoms with E-state index < -0.39 is 23.5 Å². The topological polar surface area (TPSA) is 92.9 Å².